The first-order valence-electron chi connectivity index (χ1n) is 6.50. The number of nitrogens with one attached hydrogen (secondary N) is 1. The summed E-state index contributed by atoms with van der Waals surface area (Å²) >= 11 is 1.48. The van der Waals surface area contributed by atoms with E-state index < -0.39 is 0 Å². The Labute approximate surface area is 110 Å². The SMILES string of the molecule is O=c1c2sccc2ncn1CCCC1CCCN1. The first kappa shape index (κ1) is 11.9. The van der Waals surface area contributed by atoms with E-state index in [0.717, 1.165) is 36.1 Å². The quantitative estimate of drug-likeness (QED) is 0.917. The molecule has 1 unspecified atom stereocenters. The second-order valence-corrected chi connectivity index (χ2v) is 5.73. The lowest BCUT2D eigenvalue weighted by atomic mass is 10.1. The van der Waals surface area contributed by atoms with E-state index >= 15 is 0 Å². The van der Waals surface area contributed by atoms with Crippen LogP contribution in [0.25, 0.3) is 10.2 Å². The van der Waals surface area contributed by atoms with Crippen molar-refractivity contribution in [2.45, 2.75) is 38.3 Å². The van der Waals surface area contributed by atoms with Gasteiger partial charge in [0, 0.05) is 12.6 Å². The Balaban J connectivity index is 1.66. The Morgan fingerprint density at radius 1 is 1.56 bits per heavy atom. The monoisotopic (exact) mass is 263 g/mol. The first-order valence-corrected chi connectivity index (χ1v) is 7.38. The highest BCUT2D eigenvalue weighted by Gasteiger charge is 2.13. The molecule has 0 aromatic carbocycles. The molecule has 0 saturated carbocycles. The van der Waals surface area contributed by atoms with Crippen molar-refractivity contribution in [2.24, 2.45) is 0 Å². The summed E-state index contributed by atoms with van der Waals surface area (Å²) in [5, 5.41) is 5.40. The van der Waals surface area contributed by atoms with Crippen LogP contribution in [0.15, 0.2) is 22.6 Å². The predicted octanol–water partition coefficient (Wildman–Crippen LogP) is 1.99. The summed E-state index contributed by atoms with van der Waals surface area (Å²) in [6, 6.07) is 2.55. The van der Waals surface area contributed by atoms with Crippen LogP contribution in [-0.2, 0) is 6.54 Å². The van der Waals surface area contributed by atoms with Crippen molar-refractivity contribution in [3.63, 3.8) is 0 Å². The minimum atomic E-state index is 0.106. The van der Waals surface area contributed by atoms with Crippen LogP contribution in [0.3, 0.4) is 0 Å². The largest absolute Gasteiger partial charge is 0.314 e. The fourth-order valence-corrected chi connectivity index (χ4v) is 3.34. The van der Waals surface area contributed by atoms with Crippen molar-refractivity contribution >= 4 is 21.6 Å². The Hall–Kier alpha value is -1.20. The van der Waals surface area contributed by atoms with Gasteiger partial charge in [-0.05, 0) is 43.7 Å². The summed E-state index contributed by atoms with van der Waals surface area (Å²) < 4.78 is 2.52. The molecule has 1 aliphatic heterocycles. The van der Waals surface area contributed by atoms with Gasteiger partial charge in [-0.25, -0.2) is 4.98 Å². The number of hydrogen-bond donors (Lipinski definition) is 1. The lowest BCUT2D eigenvalue weighted by Gasteiger charge is -2.10. The average molecular weight is 263 g/mol. The second-order valence-electron chi connectivity index (χ2n) is 4.81. The van der Waals surface area contributed by atoms with Crippen molar-refractivity contribution in [2.75, 3.05) is 6.54 Å². The van der Waals surface area contributed by atoms with Crippen LogP contribution in [0.4, 0.5) is 0 Å². The highest BCUT2D eigenvalue weighted by Crippen LogP contribution is 2.14. The molecule has 0 radical (unpaired) electrons. The number of rotatable bonds is 4. The van der Waals surface area contributed by atoms with Crippen LogP contribution in [0.1, 0.15) is 25.7 Å². The van der Waals surface area contributed by atoms with Crippen LogP contribution in [0.2, 0.25) is 0 Å². The van der Waals surface area contributed by atoms with E-state index in [4.69, 9.17) is 0 Å². The summed E-state index contributed by atoms with van der Waals surface area (Å²) in [5.41, 5.74) is 0.924. The summed E-state index contributed by atoms with van der Waals surface area (Å²) in [7, 11) is 0. The average Bonchev–Trinajstić information content (AvgIpc) is 3.02. The van der Waals surface area contributed by atoms with Gasteiger partial charge in [-0.15, -0.1) is 11.3 Å². The number of hydrogen-bond acceptors (Lipinski definition) is 4. The van der Waals surface area contributed by atoms with Crippen molar-refractivity contribution in [1.82, 2.24) is 14.9 Å². The molecule has 0 spiro atoms. The molecule has 1 atom stereocenters. The predicted molar refractivity (Wildman–Crippen MR) is 74.1 cm³/mol. The summed E-state index contributed by atoms with van der Waals surface area (Å²) in [4.78, 5) is 16.4. The zero-order valence-corrected chi connectivity index (χ0v) is 11.1. The molecule has 1 saturated heterocycles. The van der Waals surface area contributed by atoms with Crippen LogP contribution in [0, 0.1) is 0 Å². The molecule has 18 heavy (non-hydrogen) atoms. The fourth-order valence-electron chi connectivity index (χ4n) is 2.55. The minimum absolute atomic E-state index is 0.106. The van der Waals surface area contributed by atoms with Gasteiger partial charge in [0.1, 0.15) is 4.70 Å². The summed E-state index contributed by atoms with van der Waals surface area (Å²) in [6.07, 6.45) is 6.43. The van der Waals surface area contributed by atoms with Crippen LogP contribution in [-0.4, -0.2) is 22.1 Å². The number of nitrogens with zero attached hydrogens (tertiary/aromatic N) is 2. The summed E-state index contributed by atoms with van der Waals surface area (Å²) in [5.74, 6) is 0. The lowest BCUT2D eigenvalue weighted by Crippen LogP contribution is -2.24. The Bertz CT molecular complexity index is 583. The molecule has 1 N–H and O–H groups in total. The van der Waals surface area contributed by atoms with Gasteiger partial charge in [-0.3, -0.25) is 9.36 Å². The molecule has 2 aromatic rings. The molecule has 1 fully saturated rings. The standard InChI is InChI=1S/C13H17N3OS/c17-13-12-11(5-8-18-12)15-9-16(13)7-2-4-10-3-1-6-14-10/h5,8-10,14H,1-4,6-7H2. The molecule has 96 valence electrons. The molecule has 1 aliphatic rings. The van der Waals surface area contributed by atoms with E-state index in [0.29, 0.717) is 6.04 Å². The van der Waals surface area contributed by atoms with Gasteiger partial charge in [0.2, 0.25) is 0 Å². The highest BCUT2D eigenvalue weighted by molar-refractivity contribution is 7.17. The van der Waals surface area contributed by atoms with Gasteiger partial charge in [0.25, 0.3) is 5.56 Å². The normalized spacial score (nSPS) is 19.7. The Morgan fingerprint density at radius 2 is 2.50 bits per heavy atom. The molecular formula is C13H17N3OS. The van der Waals surface area contributed by atoms with Gasteiger partial charge >= 0.3 is 0 Å². The molecular weight excluding hydrogens is 246 g/mol. The lowest BCUT2D eigenvalue weighted by molar-refractivity contribution is 0.496. The molecule has 0 bridgehead atoms. The van der Waals surface area contributed by atoms with Gasteiger partial charge in [-0.2, -0.15) is 0 Å². The first-order chi connectivity index (χ1) is 8.84. The van der Waals surface area contributed by atoms with Crippen molar-refractivity contribution < 1.29 is 0 Å². The molecule has 2 aromatic heterocycles. The van der Waals surface area contributed by atoms with Gasteiger partial charge in [-0.1, -0.05) is 0 Å². The van der Waals surface area contributed by atoms with E-state index in [1.165, 1.54) is 24.2 Å². The molecule has 5 heteroatoms. The van der Waals surface area contributed by atoms with Gasteiger partial charge in [0.15, 0.2) is 0 Å². The van der Waals surface area contributed by atoms with Gasteiger partial charge in [0.05, 0.1) is 11.8 Å². The third-order valence-electron chi connectivity index (χ3n) is 3.55. The maximum Gasteiger partial charge on any atom is 0.271 e. The number of aryl methyl sites for hydroxylation is 1. The highest BCUT2D eigenvalue weighted by atomic mass is 32.1. The zero-order chi connectivity index (χ0) is 12.4. The molecule has 3 rings (SSSR count). The number of thiophene rings is 1. The third-order valence-corrected chi connectivity index (χ3v) is 4.44. The summed E-state index contributed by atoms with van der Waals surface area (Å²) in [6.45, 7) is 1.92. The second kappa shape index (κ2) is 5.20. The van der Waals surface area contributed by atoms with Crippen molar-refractivity contribution in [3.05, 3.63) is 28.1 Å². The fraction of sp³-hybridized carbons (Fsp3) is 0.538. The number of aromatic nitrogens is 2. The Morgan fingerprint density at radius 3 is 3.33 bits per heavy atom. The topological polar surface area (TPSA) is 46.9 Å². The van der Waals surface area contributed by atoms with Crippen LogP contribution < -0.4 is 10.9 Å². The van der Waals surface area contributed by atoms with Crippen LogP contribution in [0.5, 0.6) is 0 Å². The van der Waals surface area contributed by atoms with E-state index in [1.807, 2.05) is 11.4 Å². The maximum atomic E-state index is 12.1. The molecule has 0 amide bonds. The van der Waals surface area contributed by atoms with E-state index in [2.05, 4.69) is 10.3 Å². The molecule has 4 nitrogen and oxygen atoms in total. The number of fused-ring (bicyclic) bond motifs is 1. The van der Waals surface area contributed by atoms with Crippen molar-refractivity contribution in [1.29, 1.82) is 0 Å². The molecule has 3 heterocycles. The third kappa shape index (κ3) is 2.33. The Kier molecular flexibility index (Phi) is 3.43. The van der Waals surface area contributed by atoms with E-state index in [1.54, 1.807) is 10.9 Å². The van der Waals surface area contributed by atoms with Crippen molar-refractivity contribution in [3.8, 4) is 0 Å². The van der Waals surface area contributed by atoms with E-state index in [9.17, 15) is 4.79 Å². The maximum absolute atomic E-state index is 12.1. The minimum Gasteiger partial charge on any atom is -0.314 e. The smallest absolute Gasteiger partial charge is 0.271 e. The zero-order valence-electron chi connectivity index (χ0n) is 10.3. The van der Waals surface area contributed by atoms with E-state index in [-0.39, 0.29) is 5.56 Å². The van der Waals surface area contributed by atoms with Crippen LogP contribution >= 0.6 is 11.3 Å². The molecule has 0 aliphatic carbocycles. The van der Waals surface area contributed by atoms with Gasteiger partial charge < -0.3 is 5.32 Å².